The average Bonchev–Trinajstić information content (AvgIpc) is 2.49. The Labute approximate surface area is 122 Å². The van der Waals surface area contributed by atoms with Crippen molar-refractivity contribution in [3.63, 3.8) is 0 Å². The minimum atomic E-state index is -0.217. The van der Waals surface area contributed by atoms with Crippen molar-refractivity contribution in [3.8, 4) is 11.8 Å². The van der Waals surface area contributed by atoms with Crippen LogP contribution in [0.25, 0.3) is 0 Å². The zero-order valence-corrected chi connectivity index (χ0v) is 11.7. The first kappa shape index (κ1) is 14.4. The molecule has 0 bridgehead atoms. The Hall–Kier alpha value is -1.99. The van der Waals surface area contributed by atoms with Crippen LogP contribution in [-0.2, 0) is 0 Å². The van der Waals surface area contributed by atoms with Crippen molar-refractivity contribution in [1.29, 1.82) is 5.26 Å². The summed E-state index contributed by atoms with van der Waals surface area (Å²) in [5.41, 5.74) is 0.554. The van der Waals surface area contributed by atoms with Crippen molar-refractivity contribution in [3.05, 3.63) is 59.9 Å². The first-order valence-corrected chi connectivity index (χ1v) is 7.28. The van der Waals surface area contributed by atoms with Gasteiger partial charge in [0.15, 0.2) is 0 Å². The van der Waals surface area contributed by atoms with Gasteiger partial charge in [-0.05, 0) is 42.8 Å². The highest BCUT2D eigenvalue weighted by Crippen LogP contribution is 2.20. The van der Waals surface area contributed by atoms with E-state index in [0.29, 0.717) is 17.9 Å². The SMILES string of the molecule is N#Cc1ccccc1OCCCSc1ccc(F)cc1. The van der Waals surface area contributed by atoms with Gasteiger partial charge in [0.1, 0.15) is 17.6 Å². The zero-order chi connectivity index (χ0) is 14.2. The fraction of sp³-hybridized carbons (Fsp3) is 0.188. The topological polar surface area (TPSA) is 33.0 Å². The van der Waals surface area contributed by atoms with E-state index in [4.69, 9.17) is 10.00 Å². The van der Waals surface area contributed by atoms with Gasteiger partial charge in [-0.3, -0.25) is 0 Å². The Bertz CT molecular complexity index is 592. The largest absolute Gasteiger partial charge is 0.492 e. The molecule has 0 unspecified atom stereocenters. The van der Waals surface area contributed by atoms with E-state index in [1.165, 1.54) is 12.1 Å². The molecule has 2 nitrogen and oxygen atoms in total. The number of halogens is 1. The molecular weight excluding hydrogens is 273 g/mol. The van der Waals surface area contributed by atoms with Gasteiger partial charge in [0.25, 0.3) is 0 Å². The van der Waals surface area contributed by atoms with Crippen LogP contribution in [0.5, 0.6) is 5.75 Å². The third-order valence-corrected chi connectivity index (χ3v) is 3.73. The molecule has 0 fully saturated rings. The highest BCUT2D eigenvalue weighted by Gasteiger charge is 2.01. The van der Waals surface area contributed by atoms with E-state index in [0.717, 1.165) is 17.1 Å². The van der Waals surface area contributed by atoms with Gasteiger partial charge < -0.3 is 4.74 Å². The Balaban J connectivity index is 1.72. The van der Waals surface area contributed by atoms with Crippen LogP contribution in [0, 0.1) is 17.1 Å². The Kier molecular flexibility index (Phi) is 5.45. The number of nitrogens with zero attached hydrogens (tertiary/aromatic N) is 1. The molecule has 4 heteroatoms. The Morgan fingerprint density at radius 1 is 1.10 bits per heavy atom. The third kappa shape index (κ3) is 4.29. The number of para-hydroxylation sites is 1. The van der Waals surface area contributed by atoms with Gasteiger partial charge in [0, 0.05) is 10.6 Å². The Morgan fingerprint density at radius 3 is 2.60 bits per heavy atom. The predicted octanol–water partition coefficient (Wildman–Crippen LogP) is 4.26. The van der Waals surface area contributed by atoms with E-state index in [2.05, 4.69) is 6.07 Å². The lowest BCUT2D eigenvalue weighted by Gasteiger charge is -2.07. The summed E-state index contributed by atoms with van der Waals surface area (Å²) in [5, 5.41) is 8.93. The molecule has 2 aromatic carbocycles. The van der Waals surface area contributed by atoms with Gasteiger partial charge in [-0.2, -0.15) is 5.26 Å². The first-order chi connectivity index (χ1) is 9.79. The van der Waals surface area contributed by atoms with Crippen molar-refractivity contribution >= 4 is 11.8 Å². The quantitative estimate of drug-likeness (QED) is 0.588. The minimum absolute atomic E-state index is 0.217. The Morgan fingerprint density at radius 2 is 1.85 bits per heavy atom. The maximum atomic E-state index is 12.7. The molecule has 2 rings (SSSR count). The minimum Gasteiger partial charge on any atom is -0.492 e. The molecule has 0 aliphatic carbocycles. The standard InChI is InChI=1S/C16H14FNOS/c17-14-6-8-15(9-7-14)20-11-3-10-19-16-5-2-1-4-13(16)12-18/h1-2,4-9H,3,10-11H2. The van der Waals surface area contributed by atoms with E-state index in [-0.39, 0.29) is 5.82 Å². The van der Waals surface area contributed by atoms with Crippen LogP contribution in [-0.4, -0.2) is 12.4 Å². The smallest absolute Gasteiger partial charge is 0.137 e. The van der Waals surface area contributed by atoms with Gasteiger partial charge in [-0.1, -0.05) is 12.1 Å². The second-order valence-electron chi connectivity index (χ2n) is 4.11. The van der Waals surface area contributed by atoms with Crippen molar-refractivity contribution < 1.29 is 9.13 Å². The van der Waals surface area contributed by atoms with E-state index >= 15 is 0 Å². The van der Waals surface area contributed by atoms with E-state index < -0.39 is 0 Å². The molecule has 0 aliphatic heterocycles. The molecule has 0 radical (unpaired) electrons. The molecule has 2 aromatic rings. The summed E-state index contributed by atoms with van der Waals surface area (Å²) in [6.07, 6.45) is 0.863. The molecular formula is C16H14FNOS. The number of hydrogen-bond donors (Lipinski definition) is 0. The van der Waals surface area contributed by atoms with Crippen molar-refractivity contribution in [1.82, 2.24) is 0 Å². The van der Waals surface area contributed by atoms with Crippen LogP contribution in [0.3, 0.4) is 0 Å². The second-order valence-corrected chi connectivity index (χ2v) is 5.28. The summed E-state index contributed by atoms with van der Waals surface area (Å²) in [7, 11) is 0. The molecule has 20 heavy (non-hydrogen) atoms. The highest BCUT2D eigenvalue weighted by atomic mass is 32.2. The maximum Gasteiger partial charge on any atom is 0.137 e. The number of nitriles is 1. The zero-order valence-electron chi connectivity index (χ0n) is 10.9. The fourth-order valence-electron chi connectivity index (χ4n) is 1.65. The third-order valence-electron chi connectivity index (χ3n) is 2.64. The van der Waals surface area contributed by atoms with Gasteiger partial charge in [0.05, 0.1) is 12.2 Å². The molecule has 0 aliphatic rings. The first-order valence-electron chi connectivity index (χ1n) is 6.30. The number of thioether (sulfide) groups is 1. The lowest BCUT2D eigenvalue weighted by atomic mass is 10.2. The van der Waals surface area contributed by atoms with Crippen LogP contribution < -0.4 is 4.74 Å². The molecule has 0 aromatic heterocycles. The monoisotopic (exact) mass is 287 g/mol. The van der Waals surface area contributed by atoms with Gasteiger partial charge >= 0.3 is 0 Å². The van der Waals surface area contributed by atoms with Crippen molar-refractivity contribution in [2.75, 3.05) is 12.4 Å². The lowest BCUT2D eigenvalue weighted by Crippen LogP contribution is -2.00. The molecule has 0 saturated heterocycles. The van der Waals surface area contributed by atoms with Crippen molar-refractivity contribution in [2.45, 2.75) is 11.3 Å². The molecule has 0 N–H and O–H groups in total. The highest BCUT2D eigenvalue weighted by molar-refractivity contribution is 7.99. The number of rotatable bonds is 6. The molecule has 0 atom stereocenters. The molecule has 0 spiro atoms. The van der Waals surface area contributed by atoms with Gasteiger partial charge in [-0.25, -0.2) is 4.39 Å². The lowest BCUT2D eigenvalue weighted by molar-refractivity contribution is 0.318. The van der Waals surface area contributed by atoms with Crippen LogP contribution in [0.1, 0.15) is 12.0 Å². The van der Waals surface area contributed by atoms with Crippen LogP contribution >= 0.6 is 11.8 Å². The van der Waals surface area contributed by atoms with E-state index in [9.17, 15) is 4.39 Å². The van der Waals surface area contributed by atoms with Crippen LogP contribution in [0.2, 0.25) is 0 Å². The summed E-state index contributed by atoms with van der Waals surface area (Å²) in [4.78, 5) is 1.05. The van der Waals surface area contributed by atoms with Crippen LogP contribution in [0.4, 0.5) is 4.39 Å². The van der Waals surface area contributed by atoms with E-state index in [1.54, 1.807) is 36.0 Å². The fourth-order valence-corrected chi connectivity index (χ4v) is 2.47. The predicted molar refractivity (Wildman–Crippen MR) is 78.4 cm³/mol. The molecule has 0 saturated carbocycles. The summed E-state index contributed by atoms with van der Waals surface area (Å²) < 4.78 is 18.3. The number of benzene rings is 2. The number of ether oxygens (including phenoxy) is 1. The molecule has 102 valence electrons. The summed E-state index contributed by atoms with van der Waals surface area (Å²) >= 11 is 1.66. The maximum absolute atomic E-state index is 12.7. The second kappa shape index (κ2) is 7.56. The normalized spacial score (nSPS) is 10.0. The van der Waals surface area contributed by atoms with Crippen LogP contribution in [0.15, 0.2) is 53.4 Å². The van der Waals surface area contributed by atoms with Crippen molar-refractivity contribution in [2.24, 2.45) is 0 Å². The number of hydrogen-bond acceptors (Lipinski definition) is 3. The molecule has 0 amide bonds. The molecule has 0 heterocycles. The van der Waals surface area contributed by atoms with Gasteiger partial charge in [0.2, 0.25) is 0 Å². The summed E-state index contributed by atoms with van der Waals surface area (Å²) in [6, 6.07) is 15.8. The summed E-state index contributed by atoms with van der Waals surface area (Å²) in [5.74, 6) is 1.30. The van der Waals surface area contributed by atoms with Gasteiger partial charge in [-0.15, -0.1) is 11.8 Å². The summed E-state index contributed by atoms with van der Waals surface area (Å²) in [6.45, 7) is 0.562. The average molecular weight is 287 g/mol. The van der Waals surface area contributed by atoms with E-state index in [1.807, 2.05) is 12.1 Å².